The van der Waals surface area contributed by atoms with E-state index in [1.54, 1.807) is 18.4 Å². The summed E-state index contributed by atoms with van der Waals surface area (Å²) in [6, 6.07) is 8.74. The van der Waals surface area contributed by atoms with Crippen LogP contribution in [-0.2, 0) is 12.8 Å². The predicted octanol–water partition coefficient (Wildman–Crippen LogP) is 3.22. The fourth-order valence-electron chi connectivity index (χ4n) is 2.13. The molecule has 1 N–H and O–H groups in total. The molecule has 1 heterocycles. The average molecular weight is 290 g/mol. The van der Waals surface area contributed by atoms with E-state index in [-0.39, 0.29) is 0 Å². The number of benzene rings is 1. The molecule has 2 aromatic rings. The van der Waals surface area contributed by atoms with Gasteiger partial charge < -0.3 is 10.1 Å². The zero-order chi connectivity index (χ0) is 14.4. The van der Waals surface area contributed by atoms with Crippen LogP contribution in [0.2, 0.25) is 0 Å². The molecule has 20 heavy (non-hydrogen) atoms. The first-order valence-corrected chi connectivity index (χ1v) is 7.82. The lowest BCUT2D eigenvalue weighted by molar-refractivity contribution is 0.414. The molecule has 0 amide bonds. The molecule has 0 saturated heterocycles. The van der Waals surface area contributed by atoms with Gasteiger partial charge in [0.05, 0.1) is 12.1 Å². The van der Waals surface area contributed by atoms with Crippen LogP contribution in [0.15, 0.2) is 29.6 Å². The molecule has 0 aliphatic heterocycles. The van der Waals surface area contributed by atoms with Gasteiger partial charge in [0.25, 0.3) is 0 Å². The van der Waals surface area contributed by atoms with Gasteiger partial charge in [0.1, 0.15) is 5.75 Å². The van der Waals surface area contributed by atoms with Crippen molar-refractivity contribution in [3.63, 3.8) is 0 Å². The second-order valence-corrected chi connectivity index (χ2v) is 5.98. The Balaban J connectivity index is 1.72. The largest absolute Gasteiger partial charge is 0.497 e. The molecule has 0 spiro atoms. The monoisotopic (exact) mass is 290 g/mol. The summed E-state index contributed by atoms with van der Waals surface area (Å²) in [4.78, 5) is 4.48. The lowest BCUT2D eigenvalue weighted by Crippen LogP contribution is -2.29. The molecule has 0 radical (unpaired) electrons. The summed E-state index contributed by atoms with van der Waals surface area (Å²) in [5.74, 6) is 0.911. The van der Waals surface area contributed by atoms with Crippen molar-refractivity contribution in [2.75, 3.05) is 13.7 Å². The van der Waals surface area contributed by atoms with Crippen LogP contribution in [0.5, 0.6) is 5.75 Å². The summed E-state index contributed by atoms with van der Waals surface area (Å²) in [6.45, 7) is 5.24. The Morgan fingerprint density at radius 2 is 2.05 bits per heavy atom. The fourth-order valence-corrected chi connectivity index (χ4v) is 2.91. The van der Waals surface area contributed by atoms with Crippen LogP contribution in [0.25, 0.3) is 0 Å². The quantitative estimate of drug-likeness (QED) is 0.850. The van der Waals surface area contributed by atoms with Crippen molar-refractivity contribution >= 4 is 11.3 Å². The minimum absolute atomic E-state index is 0.462. The molecular formula is C16H22N2OS. The van der Waals surface area contributed by atoms with Gasteiger partial charge in [-0.2, -0.15) is 0 Å². The number of nitrogens with zero attached hydrogens (tertiary/aromatic N) is 1. The van der Waals surface area contributed by atoms with Crippen molar-refractivity contribution in [2.24, 2.45) is 0 Å². The lowest BCUT2D eigenvalue weighted by Gasteiger charge is -2.13. The van der Waals surface area contributed by atoms with E-state index < -0.39 is 0 Å². The highest BCUT2D eigenvalue weighted by molar-refractivity contribution is 7.09. The number of thiazole rings is 1. The molecule has 0 bridgehead atoms. The van der Waals surface area contributed by atoms with E-state index in [1.807, 2.05) is 19.1 Å². The number of rotatable bonds is 7. The number of aromatic nitrogens is 1. The third kappa shape index (κ3) is 4.62. The maximum atomic E-state index is 5.17. The number of methoxy groups -OCH3 is 1. The number of nitrogens with one attached hydrogen (secondary N) is 1. The van der Waals surface area contributed by atoms with E-state index >= 15 is 0 Å². The molecule has 1 aromatic heterocycles. The van der Waals surface area contributed by atoms with Crippen LogP contribution < -0.4 is 10.1 Å². The van der Waals surface area contributed by atoms with Crippen molar-refractivity contribution in [1.82, 2.24) is 10.3 Å². The van der Waals surface area contributed by atoms with Crippen molar-refractivity contribution < 1.29 is 4.74 Å². The predicted molar refractivity (Wildman–Crippen MR) is 84.7 cm³/mol. The zero-order valence-corrected chi connectivity index (χ0v) is 13.2. The van der Waals surface area contributed by atoms with E-state index in [0.717, 1.165) is 30.8 Å². The van der Waals surface area contributed by atoms with Crippen LogP contribution in [0, 0.1) is 6.92 Å². The first kappa shape index (κ1) is 15.0. The maximum Gasteiger partial charge on any atom is 0.118 e. The number of hydrogen-bond donors (Lipinski definition) is 1. The highest BCUT2D eigenvalue weighted by atomic mass is 32.1. The van der Waals surface area contributed by atoms with Crippen LogP contribution in [0.4, 0.5) is 0 Å². The topological polar surface area (TPSA) is 34.1 Å². The summed E-state index contributed by atoms with van der Waals surface area (Å²) in [5.41, 5.74) is 2.45. The van der Waals surface area contributed by atoms with Crippen LogP contribution in [0.3, 0.4) is 0 Å². The maximum absolute atomic E-state index is 5.17. The highest BCUT2D eigenvalue weighted by Gasteiger charge is 2.04. The number of aryl methyl sites for hydroxylation is 1. The Morgan fingerprint density at radius 1 is 1.30 bits per heavy atom. The Kier molecular flexibility index (Phi) is 5.56. The second kappa shape index (κ2) is 7.41. The van der Waals surface area contributed by atoms with E-state index in [4.69, 9.17) is 4.74 Å². The Hall–Kier alpha value is -1.39. The second-order valence-electron chi connectivity index (χ2n) is 5.04. The molecule has 0 aliphatic rings. The molecule has 1 aromatic carbocycles. The van der Waals surface area contributed by atoms with Gasteiger partial charge in [-0.15, -0.1) is 11.3 Å². The normalized spacial score (nSPS) is 12.3. The minimum atomic E-state index is 0.462. The first-order chi connectivity index (χ1) is 9.67. The third-order valence-corrected chi connectivity index (χ3v) is 4.23. The smallest absolute Gasteiger partial charge is 0.118 e. The molecule has 0 fully saturated rings. The molecule has 1 unspecified atom stereocenters. The summed E-state index contributed by atoms with van der Waals surface area (Å²) < 4.78 is 5.17. The Morgan fingerprint density at radius 3 is 2.65 bits per heavy atom. The van der Waals surface area contributed by atoms with Gasteiger partial charge in [0.15, 0.2) is 0 Å². The summed E-state index contributed by atoms with van der Waals surface area (Å²) in [7, 11) is 1.69. The van der Waals surface area contributed by atoms with Crippen LogP contribution in [0.1, 0.15) is 23.2 Å². The van der Waals surface area contributed by atoms with E-state index in [2.05, 4.69) is 34.7 Å². The van der Waals surface area contributed by atoms with Gasteiger partial charge in [-0.05, 0) is 38.0 Å². The molecule has 0 aliphatic carbocycles. The number of hydrogen-bond acceptors (Lipinski definition) is 4. The zero-order valence-electron chi connectivity index (χ0n) is 12.3. The van der Waals surface area contributed by atoms with Gasteiger partial charge in [0, 0.05) is 30.1 Å². The van der Waals surface area contributed by atoms with E-state index in [0.29, 0.717) is 6.04 Å². The van der Waals surface area contributed by atoms with E-state index in [1.165, 1.54) is 10.6 Å². The van der Waals surface area contributed by atoms with Crippen molar-refractivity contribution in [3.8, 4) is 5.75 Å². The van der Waals surface area contributed by atoms with Crippen molar-refractivity contribution in [2.45, 2.75) is 32.7 Å². The SMILES string of the molecule is COc1ccc(CC(C)NCCc2nc(C)cs2)cc1. The lowest BCUT2D eigenvalue weighted by atomic mass is 10.1. The molecule has 3 nitrogen and oxygen atoms in total. The van der Waals surface area contributed by atoms with Gasteiger partial charge in [-0.1, -0.05) is 12.1 Å². The summed E-state index contributed by atoms with van der Waals surface area (Å²) in [6.07, 6.45) is 2.03. The standard InChI is InChI=1S/C16H22N2OS/c1-12(10-14-4-6-15(19-3)7-5-14)17-9-8-16-18-13(2)11-20-16/h4-7,11-12,17H,8-10H2,1-3H3. The molecule has 1 atom stereocenters. The average Bonchev–Trinajstić information content (AvgIpc) is 2.85. The minimum Gasteiger partial charge on any atom is -0.497 e. The van der Waals surface area contributed by atoms with Gasteiger partial charge in [-0.3, -0.25) is 0 Å². The molecule has 4 heteroatoms. The van der Waals surface area contributed by atoms with Gasteiger partial charge in [-0.25, -0.2) is 4.98 Å². The van der Waals surface area contributed by atoms with Crippen LogP contribution >= 0.6 is 11.3 Å². The molecule has 108 valence electrons. The first-order valence-electron chi connectivity index (χ1n) is 6.94. The van der Waals surface area contributed by atoms with Gasteiger partial charge >= 0.3 is 0 Å². The summed E-state index contributed by atoms with van der Waals surface area (Å²) >= 11 is 1.74. The van der Waals surface area contributed by atoms with Crippen molar-refractivity contribution in [1.29, 1.82) is 0 Å². The highest BCUT2D eigenvalue weighted by Crippen LogP contribution is 2.13. The Labute approximate surface area is 125 Å². The molecule has 2 rings (SSSR count). The number of ether oxygens (including phenoxy) is 1. The van der Waals surface area contributed by atoms with Crippen LogP contribution in [-0.4, -0.2) is 24.7 Å². The molecule has 0 saturated carbocycles. The fraction of sp³-hybridized carbons (Fsp3) is 0.438. The third-order valence-electron chi connectivity index (χ3n) is 3.20. The summed E-state index contributed by atoms with van der Waals surface area (Å²) in [5, 5.41) is 6.87. The van der Waals surface area contributed by atoms with Crippen molar-refractivity contribution in [3.05, 3.63) is 45.9 Å². The van der Waals surface area contributed by atoms with E-state index in [9.17, 15) is 0 Å². The molecular weight excluding hydrogens is 268 g/mol. The van der Waals surface area contributed by atoms with Gasteiger partial charge in [0.2, 0.25) is 0 Å². The Bertz CT molecular complexity index is 522.